The summed E-state index contributed by atoms with van der Waals surface area (Å²) >= 11 is 1.31. The van der Waals surface area contributed by atoms with Gasteiger partial charge in [0.05, 0.1) is 30.0 Å². The van der Waals surface area contributed by atoms with Gasteiger partial charge in [-0.1, -0.05) is 41.7 Å². The number of rotatable bonds is 7. The minimum atomic E-state index is -0.653. The zero-order chi connectivity index (χ0) is 26.0. The van der Waals surface area contributed by atoms with Crippen LogP contribution in [0.15, 0.2) is 63.5 Å². The third-order valence-corrected chi connectivity index (χ3v) is 7.45. The first kappa shape index (κ1) is 25.4. The van der Waals surface area contributed by atoms with Crippen molar-refractivity contribution in [3.05, 3.63) is 90.1 Å². The lowest BCUT2D eigenvalue weighted by atomic mass is 9.94. The molecule has 1 aliphatic rings. The third kappa shape index (κ3) is 4.48. The van der Waals surface area contributed by atoms with Gasteiger partial charge in [0.25, 0.3) is 11.5 Å². The fourth-order valence-electron chi connectivity index (χ4n) is 4.54. The maximum atomic E-state index is 13.9. The molecule has 0 saturated heterocycles. The number of amides is 1. The van der Waals surface area contributed by atoms with Crippen LogP contribution in [-0.4, -0.2) is 42.7 Å². The summed E-state index contributed by atoms with van der Waals surface area (Å²) in [6.45, 7) is 8.82. The van der Waals surface area contributed by atoms with Crippen molar-refractivity contribution >= 4 is 23.3 Å². The number of thiazole rings is 1. The highest BCUT2D eigenvalue weighted by Crippen LogP contribution is 2.36. The molecule has 2 heterocycles. The number of hydrogen-bond donors (Lipinski definition) is 0. The average molecular weight is 506 g/mol. The lowest BCUT2D eigenvalue weighted by Gasteiger charge is -2.29. The van der Waals surface area contributed by atoms with Crippen molar-refractivity contribution in [1.82, 2.24) is 9.47 Å². The zero-order valence-electron chi connectivity index (χ0n) is 21.5. The van der Waals surface area contributed by atoms with Crippen LogP contribution < -0.4 is 24.4 Å². The van der Waals surface area contributed by atoms with Crippen LogP contribution in [0.4, 0.5) is 0 Å². The fourth-order valence-corrected chi connectivity index (χ4v) is 5.59. The molecule has 1 amide bonds. The van der Waals surface area contributed by atoms with E-state index >= 15 is 0 Å². The van der Waals surface area contributed by atoms with Gasteiger partial charge < -0.3 is 14.4 Å². The number of nitrogens with zero attached hydrogens (tertiary/aromatic N) is 3. The summed E-state index contributed by atoms with van der Waals surface area (Å²) in [7, 11) is 3.22. The van der Waals surface area contributed by atoms with Crippen LogP contribution in [0.2, 0.25) is 0 Å². The van der Waals surface area contributed by atoms with Gasteiger partial charge in [0, 0.05) is 18.7 Å². The average Bonchev–Trinajstić information content (AvgIpc) is 3.19. The number of carbonyl (C=O) groups excluding carboxylic acids is 1. The highest BCUT2D eigenvalue weighted by atomic mass is 32.1. The van der Waals surface area contributed by atoms with Gasteiger partial charge in [-0.15, -0.1) is 0 Å². The third-order valence-electron chi connectivity index (χ3n) is 6.47. The van der Waals surface area contributed by atoms with E-state index in [4.69, 9.17) is 14.5 Å². The molecular formula is C28H31N3O4S. The summed E-state index contributed by atoms with van der Waals surface area (Å²) < 4.78 is 13.3. The molecule has 1 aliphatic heterocycles. The van der Waals surface area contributed by atoms with E-state index in [2.05, 4.69) is 0 Å². The van der Waals surface area contributed by atoms with Crippen LogP contribution in [0.1, 0.15) is 43.5 Å². The molecule has 0 unspecified atom stereocenters. The Bertz CT molecular complexity index is 1510. The largest absolute Gasteiger partial charge is 0.496 e. The zero-order valence-corrected chi connectivity index (χ0v) is 22.3. The highest BCUT2D eigenvalue weighted by molar-refractivity contribution is 7.07. The standard InChI is InChI=1S/C28H31N3O4S/c1-7-30(8-2)27(33)24-18(4)29-28-31(25(24)20-11-9-10-12-21(20)34-5)26(32)23(36-28)16-19-14-13-17(3)22(15-19)35-6/h9-16,25H,7-8H2,1-6H3/b23-16+/t25-/m0/s1. The Morgan fingerprint density at radius 3 is 2.44 bits per heavy atom. The number of benzene rings is 2. The second kappa shape index (κ2) is 10.5. The van der Waals surface area contributed by atoms with Gasteiger partial charge in [0.1, 0.15) is 17.5 Å². The normalized spacial score (nSPS) is 15.4. The summed E-state index contributed by atoms with van der Waals surface area (Å²) in [5.74, 6) is 1.24. The van der Waals surface area contributed by atoms with E-state index in [1.54, 1.807) is 23.7 Å². The smallest absolute Gasteiger partial charge is 0.271 e. The van der Waals surface area contributed by atoms with E-state index in [1.165, 1.54) is 11.3 Å². The molecule has 3 aromatic rings. The fraction of sp³-hybridized carbons (Fsp3) is 0.321. The lowest BCUT2D eigenvalue weighted by molar-refractivity contribution is -0.127. The van der Waals surface area contributed by atoms with E-state index in [0.717, 1.165) is 22.4 Å². The molecule has 0 fully saturated rings. The highest BCUT2D eigenvalue weighted by Gasteiger charge is 2.35. The Balaban J connectivity index is 1.98. The van der Waals surface area contributed by atoms with E-state index in [1.807, 2.05) is 76.2 Å². The van der Waals surface area contributed by atoms with Crippen LogP contribution in [-0.2, 0) is 4.79 Å². The summed E-state index contributed by atoms with van der Waals surface area (Å²) in [6, 6.07) is 12.7. The predicted octanol–water partition coefficient (Wildman–Crippen LogP) is 3.43. The Morgan fingerprint density at radius 2 is 1.78 bits per heavy atom. The first-order chi connectivity index (χ1) is 17.3. The monoisotopic (exact) mass is 505 g/mol. The molecule has 188 valence electrons. The molecule has 0 N–H and O–H groups in total. The van der Waals surface area contributed by atoms with E-state index in [0.29, 0.717) is 39.4 Å². The molecule has 0 bridgehead atoms. The van der Waals surface area contributed by atoms with Crippen molar-refractivity contribution in [3.63, 3.8) is 0 Å². The number of methoxy groups -OCH3 is 2. The number of carbonyl (C=O) groups is 1. The summed E-state index contributed by atoms with van der Waals surface area (Å²) in [5.41, 5.74) is 3.50. The van der Waals surface area contributed by atoms with Gasteiger partial charge in [-0.2, -0.15) is 0 Å². The Hall–Kier alpha value is -3.65. The molecule has 7 nitrogen and oxygen atoms in total. The van der Waals surface area contributed by atoms with Crippen LogP contribution in [0.5, 0.6) is 11.5 Å². The number of ether oxygens (including phenoxy) is 2. The topological polar surface area (TPSA) is 73.1 Å². The number of allylic oxidation sites excluding steroid dienone is 1. The Kier molecular flexibility index (Phi) is 7.45. The molecule has 1 atom stereocenters. The molecular weight excluding hydrogens is 474 g/mol. The number of aromatic nitrogens is 1. The minimum Gasteiger partial charge on any atom is -0.496 e. The van der Waals surface area contributed by atoms with Crippen molar-refractivity contribution in [1.29, 1.82) is 0 Å². The number of para-hydroxylation sites is 1. The molecule has 4 rings (SSSR count). The van der Waals surface area contributed by atoms with Gasteiger partial charge in [-0.25, -0.2) is 4.99 Å². The number of likely N-dealkylation sites (N-methyl/N-ethyl adjacent to an activating group) is 1. The Morgan fingerprint density at radius 1 is 1.08 bits per heavy atom. The first-order valence-electron chi connectivity index (χ1n) is 11.9. The van der Waals surface area contributed by atoms with Crippen molar-refractivity contribution in [2.45, 2.75) is 33.7 Å². The van der Waals surface area contributed by atoms with Gasteiger partial charge in [0.15, 0.2) is 4.80 Å². The van der Waals surface area contributed by atoms with Gasteiger partial charge in [0.2, 0.25) is 0 Å². The summed E-state index contributed by atoms with van der Waals surface area (Å²) in [6.07, 6.45) is 1.84. The maximum Gasteiger partial charge on any atom is 0.271 e. The van der Waals surface area contributed by atoms with Gasteiger partial charge in [-0.3, -0.25) is 14.2 Å². The van der Waals surface area contributed by atoms with Crippen LogP contribution in [0.3, 0.4) is 0 Å². The second-order valence-electron chi connectivity index (χ2n) is 8.53. The van der Waals surface area contributed by atoms with Crippen LogP contribution in [0.25, 0.3) is 6.08 Å². The summed E-state index contributed by atoms with van der Waals surface area (Å²) in [4.78, 5) is 34.6. The van der Waals surface area contributed by atoms with Crippen molar-refractivity contribution in [3.8, 4) is 11.5 Å². The number of fused-ring (bicyclic) bond motifs is 1. The molecule has 1 aromatic heterocycles. The molecule has 8 heteroatoms. The van der Waals surface area contributed by atoms with E-state index < -0.39 is 6.04 Å². The molecule has 0 radical (unpaired) electrons. The molecule has 2 aromatic carbocycles. The first-order valence-corrected chi connectivity index (χ1v) is 12.8. The van der Waals surface area contributed by atoms with Gasteiger partial charge >= 0.3 is 0 Å². The second-order valence-corrected chi connectivity index (χ2v) is 9.54. The van der Waals surface area contributed by atoms with Crippen LogP contribution >= 0.6 is 11.3 Å². The lowest BCUT2D eigenvalue weighted by Crippen LogP contribution is -2.43. The molecule has 0 aliphatic carbocycles. The predicted molar refractivity (Wildman–Crippen MR) is 142 cm³/mol. The number of hydrogen-bond acceptors (Lipinski definition) is 6. The van der Waals surface area contributed by atoms with Crippen molar-refractivity contribution in [2.24, 2.45) is 4.99 Å². The minimum absolute atomic E-state index is 0.130. The van der Waals surface area contributed by atoms with Crippen LogP contribution in [0, 0.1) is 6.92 Å². The molecule has 0 saturated carbocycles. The SMILES string of the molecule is CCN(CC)C(=O)C1=C(C)N=c2s/c(=C/c3ccc(C)c(OC)c3)c(=O)n2[C@H]1c1ccccc1OC. The molecule has 36 heavy (non-hydrogen) atoms. The summed E-state index contributed by atoms with van der Waals surface area (Å²) in [5, 5.41) is 0. The van der Waals surface area contributed by atoms with E-state index in [9.17, 15) is 9.59 Å². The molecule has 0 spiro atoms. The maximum absolute atomic E-state index is 13.9. The van der Waals surface area contributed by atoms with Crippen molar-refractivity contribution in [2.75, 3.05) is 27.3 Å². The van der Waals surface area contributed by atoms with Crippen molar-refractivity contribution < 1.29 is 14.3 Å². The van der Waals surface area contributed by atoms with E-state index in [-0.39, 0.29) is 11.5 Å². The quantitative estimate of drug-likeness (QED) is 0.493. The number of aryl methyl sites for hydroxylation is 1. The Labute approximate surface area is 214 Å². The van der Waals surface area contributed by atoms with Gasteiger partial charge in [-0.05, 0) is 57.0 Å².